The fourth-order valence-electron chi connectivity index (χ4n) is 1.84. The van der Waals surface area contributed by atoms with Crippen LogP contribution < -0.4 is 11.1 Å². The van der Waals surface area contributed by atoms with Crippen LogP contribution in [-0.2, 0) is 4.79 Å². The Morgan fingerprint density at radius 2 is 1.88 bits per heavy atom. The summed E-state index contributed by atoms with van der Waals surface area (Å²) in [5, 5.41) is 3.37. The second-order valence-corrected chi connectivity index (χ2v) is 5.29. The summed E-state index contributed by atoms with van der Waals surface area (Å²) in [6, 6.07) is 0. The van der Waals surface area contributed by atoms with Gasteiger partial charge < -0.3 is 11.1 Å². The molecule has 0 aromatic carbocycles. The number of primary amides is 1. The summed E-state index contributed by atoms with van der Waals surface area (Å²) in [5.41, 5.74) is 5.06. The van der Waals surface area contributed by atoms with Gasteiger partial charge in [0.25, 0.3) is 0 Å². The normalized spacial score (nSPS) is 17.1. The van der Waals surface area contributed by atoms with Gasteiger partial charge in [0.2, 0.25) is 5.91 Å². The summed E-state index contributed by atoms with van der Waals surface area (Å²) < 4.78 is 0. The van der Waals surface area contributed by atoms with Gasteiger partial charge in [0.05, 0.1) is 5.54 Å². The molecule has 0 bridgehead atoms. The van der Waals surface area contributed by atoms with Gasteiger partial charge in [0, 0.05) is 0 Å². The highest BCUT2D eigenvalue weighted by molar-refractivity contribution is 5.84. The Kier molecular flexibility index (Phi) is 6.65. The third-order valence-electron chi connectivity index (χ3n) is 3.32. The highest BCUT2D eigenvalue weighted by Crippen LogP contribution is 2.23. The number of carbonyl (C=O) groups excluding carboxylic acids is 1. The van der Waals surface area contributed by atoms with Crippen LogP contribution in [0.1, 0.15) is 53.9 Å². The van der Waals surface area contributed by atoms with Crippen LogP contribution in [0, 0.1) is 11.8 Å². The predicted octanol–water partition coefficient (Wildman–Crippen LogP) is 2.30. The van der Waals surface area contributed by atoms with Crippen molar-refractivity contribution in [2.45, 2.75) is 59.4 Å². The molecule has 2 unspecified atom stereocenters. The molecule has 2 atom stereocenters. The van der Waals surface area contributed by atoms with Crippen molar-refractivity contribution in [3.8, 4) is 0 Å². The molecular weight excluding hydrogens is 200 g/mol. The first-order valence-electron chi connectivity index (χ1n) is 6.42. The van der Waals surface area contributed by atoms with Crippen LogP contribution in [0.5, 0.6) is 0 Å². The Morgan fingerprint density at radius 3 is 2.19 bits per heavy atom. The molecule has 3 heteroatoms. The molecule has 0 aromatic heterocycles. The first-order chi connectivity index (χ1) is 7.38. The van der Waals surface area contributed by atoms with Crippen LogP contribution in [0.3, 0.4) is 0 Å². The minimum Gasteiger partial charge on any atom is -0.368 e. The molecule has 0 rings (SSSR count). The van der Waals surface area contributed by atoms with E-state index < -0.39 is 5.54 Å². The molecule has 0 aliphatic heterocycles. The minimum atomic E-state index is -0.514. The van der Waals surface area contributed by atoms with Gasteiger partial charge in [-0.15, -0.1) is 0 Å². The lowest BCUT2D eigenvalue weighted by Crippen LogP contribution is -2.56. The van der Waals surface area contributed by atoms with Crippen LogP contribution in [0.25, 0.3) is 0 Å². The highest BCUT2D eigenvalue weighted by Gasteiger charge is 2.35. The van der Waals surface area contributed by atoms with Crippen molar-refractivity contribution >= 4 is 5.91 Å². The summed E-state index contributed by atoms with van der Waals surface area (Å²) in [4.78, 5) is 11.7. The predicted molar refractivity (Wildman–Crippen MR) is 69.1 cm³/mol. The van der Waals surface area contributed by atoms with Crippen LogP contribution in [0.2, 0.25) is 0 Å². The van der Waals surface area contributed by atoms with E-state index in [9.17, 15) is 4.79 Å². The van der Waals surface area contributed by atoms with E-state index in [1.54, 1.807) is 0 Å². The van der Waals surface area contributed by atoms with Gasteiger partial charge in [-0.2, -0.15) is 0 Å². The molecule has 0 saturated heterocycles. The SMILES string of the molecule is CCC(C)CC(CC)(NCC(C)C)C(N)=O. The molecule has 0 saturated carbocycles. The van der Waals surface area contributed by atoms with Crippen LogP contribution in [0.15, 0.2) is 0 Å². The first-order valence-corrected chi connectivity index (χ1v) is 6.42. The molecule has 0 spiro atoms. The van der Waals surface area contributed by atoms with Crippen LogP contribution in [-0.4, -0.2) is 18.0 Å². The van der Waals surface area contributed by atoms with E-state index in [1.807, 2.05) is 6.92 Å². The average molecular weight is 228 g/mol. The van der Waals surface area contributed by atoms with E-state index in [-0.39, 0.29) is 5.91 Å². The van der Waals surface area contributed by atoms with Crippen molar-refractivity contribution in [2.24, 2.45) is 17.6 Å². The molecule has 0 fully saturated rings. The summed E-state index contributed by atoms with van der Waals surface area (Å²) in [7, 11) is 0. The second-order valence-electron chi connectivity index (χ2n) is 5.29. The number of nitrogens with one attached hydrogen (secondary N) is 1. The van der Waals surface area contributed by atoms with E-state index in [2.05, 4.69) is 33.0 Å². The van der Waals surface area contributed by atoms with Crippen molar-refractivity contribution in [1.29, 1.82) is 0 Å². The molecule has 3 N–H and O–H groups in total. The van der Waals surface area contributed by atoms with Crippen molar-refractivity contribution in [3.63, 3.8) is 0 Å². The van der Waals surface area contributed by atoms with Gasteiger partial charge in [-0.3, -0.25) is 4.79 Å². The number of amides is 1. The lowest BCUT2D eigenvalue weighted by molar-refractivity contribution is -0.125. The maximum atomic E-state index is 11.7. The summed E-state index contributed by atoms with van der Waals surface area (Å²) in [5.74, 6) is 0.838. The van der Waals surface area contributed by atoms with Crippen molar-refractivity contribution in [2.75, 3.05) is 6.54 Å². The maximum Gasteiger partial charge on any atom is 0.237 e. The van der Waals surface area contributed by atoms with Gasteiger partial charge in [-0.05, 0) is 31.2 Å². The maximum absolute atomic E-state index is 11.7. The largest absolute Gasteiger partial charge is 0.368 e. The van der Waals surface area contributed by atoms with Gasteiger partial charge in [0.15, 0.2) is 0 Å². The lowest BCUT2D eigenvalue weighted by atomic mass is 9.83. The molecule has 1 amide bonds. The summed E-state index contributed by atoms with van der Waals surface area (Å²) in [6.07, 6.45) is 2.68. The van der Waals surface area contributed by atoms with E-state index in [0.29, 0.717) is 11.8 Å². The Hall–Kier alpha value is -0.570. The molecule has 0 aliphatic rings. The van der Waals surface area contributed by atoms with Gasteiger partial charge >= 0.3 is 0 Å². The molecule has 0 aliphatic carbocycles. The number of rotatable bonds is 8. The van der Waals surface area contributed by atoms with Crippen molar-refractivity contribution in [3.05, 3.63) is 0 Å². The van der Waals surface area contributed by atoms with E-state index in [1.165, 1.54) is 0 Å². The highest BCUT2D eigenvalue weighted by atomic mass is 16.1. The van der Waals surface area contributed by atoms with Gasteiger partial charge in [-0.25, -0.2) is 0 Å². The molecule has 0 heterocycles. The zero-order valence-corrected chi connectivity index (χ0v) is 11.5. The fourth-order valence-corrected chi connectivity index (χ4v) is 1.84. The number of nitrogens with two attached hydrogens (primary N) is 1. The smallest absolute Gasteiger partial charge is 0.237 e. The van der Waals surface area contributed by atoms with E-state index in [0.717, 1.165) is 25.8 Å². The second kappa shape index (κ2) is 6.89. The van der Waals surface area contributed by atoms with Crippen molar-refractivity contribution in [1.82, 2.24) is 5.32 Å². The zero-order chi connectivity index (χ0) is 12.8. The Labute approximate surface area is 100 Å². The quantitative estimate of drug-likeness (QED) is 0.670. The Morgan fingerprint density at radius 1 is 1.31 bits per heavy atom. The Balaban J connectivity index is 4.64. The molecule has 96 valence electrons. The molecular formula is C13H28N2O. The van der Waals surface area contributed by atoms with E-state index in [4.69, 9.17) is 5.73 Å². The van der Waals surface area contributed by atoms with Gasteiger partial charge in [-0.1, -0.05) is 41.0 Å². The third kappa shape index (κ3) is 4.52. The summed E-state index contributed by atoms with van der Waals surface area (Å²) in [6.45, 7) is 11.5. The first kappa shape index (κ1) is 15.4. The zero-order valence-electron chi connectivity index (χ0n) is 11.5. The third-order valence-corrected chi connectivity index (χ3v) is 3.32. The standard InChI is InChI=1S/C13H28N2O/c1-6-11(5)8-13(7-2,12(14)16)15-9-10(3)4/h10-11,15H,6-9H2,1-5H3,(H2,14,16). The lowest BCUT2D eigenvalue weighted by Gasteiger charge is -2.33. The van der Waals surface area contributed by atoms with E-state index >= 15 is 0 Å². The molecule has 0 radical (unpaired) electrons. The fraction of sp³-hybridized carbons (Fsp3) is 0.923. The van der Waals surface area contributed by atoms with Crippen LogP contribution >= 0.6 is 0 Å². The summed E-state index contributed by atoms with van der Waals surface area (Å²) >= 11 is 0. The monoisotopic (exact) mass is 228 g/mol. The molecule has 16 heavy (non-hydrogen) atoms. The number of carbonyl (C=O) groups is 1. The van der Waals surface area contributed by atoms with Gasteiger partial charge in [0.1, 0.15) is 0 Å². The Bertz CT molecular complexity index is 216. The number of hydrogen-bond acceptors (Lipinski definition) is 2. The number of hydrogen-bond donors (Lipinski definition) is 2. The van der Waals surface area contributed by atoms with Crippen LogP contribution in [0.4, 0.5) is 0 Å². The average Bonchev–Trinajstić information content (AvgIpc) is 2.23. The minimum absolute atomic E-state index is 0.212. The molecule has 0 aromatic rings. The molecule has 3 nitrogen and oxygen atoms in total. The topological polar surface area (TPSA) is 55.1 Å². The van der Waals surface area contributed by atoms with Crippen molar-refractivity contribution < 1.29 is 4.79 Å².